The SMILES string of the molecule is Cc1cc(C(=O)NC2C[C@H]3CC[C@@H](C2)N3c2ccc(C(=O)O)cn2)c(C)cc1C(N)=O. The summed E-state index contributed by atoms with van der Waals surface area (Å²) in [6, 6.07) is 7.31. The summed E-state index contributed by atoms with van der Waals surface area (Å²) in [5, 5.41) is 12.2. The van der Waals surface area contributed by atoms with Gasteiger partial charge in [-0.1, -0.05) is 0 Å². The van der Waals surface area contributed by atoms with E-state index in [1.165, 1.54) is 6.20 Å². The number of fused-ring (bicyclic) bond motifs is 2. The van der Waals surface area contributed by atoms with Gasteiger partial charge in [-0.2, -0.15) is 0 Å². The Balaban J connectivity index is 1.46. The van der Waals surface area contributed by atoms with Crippen molar-refractivity contribution < 1.29 is 19.5 Å². The zero-order chi connectivity index (χ0) is 22.3. The van der Waals surface area contributed by atoms with Crippen LogP contribution in [-0.4, -0.2) is 46.0 Å². The van der Waals surface area contributed by atoms with Gasteiger partial charge in [0.1, 0.15) is 5.82 Å². The summed E-state index contributed by atoms with van der Waals surface area (Å²) in [7, 11) is 0. The molecule has 1 aromatic carbocycles. The van der Waals surface area contributed by atoms with Crippen LogP contribution in [0.15, 0.2) is 30.5 Å². The number of carboxylic acid groups (broad SMARTS) is 1. The third kappa shape index (κ3) is 3.97. The number of carboxylic acids is 1. The van der Waals surface area contributed by atoms with E-state index in [0.717, 1.165) is 37.1 Å². The third-order valence-electron chi connectivity index (χ3n) is 6.41. The summed E-state index contributed by atoms with van der Waals surface area (Å²) in [5.41, 5.74) is 7.98. The number of aromatic nitrogens is 1. The molecule has 0 spiro atoms. The first-order valence-electron chi connectivity index (χ1n) is 10.4. The number of nitrogens with one attached hydrogen (secondary N) is 1. The first-order valence-corrected chi connectivity index (χ1v) is 10.4. The van der Waals surface area contributed by atoms with Gasteiger partial charge in [-0.15, -0.1) is 0 Å². The summed E-state index contributed by atoms with van der Waals surface area (Å²) in [6.45, 7) is 3.58. The van der Waals surface area contributed by atoms with E-state index < -0.39 is 11.9 Å². The fourth-order valence-electron chi connectivity index (χ4n) is 4.92. The van der Waals surface area contributed by atoms with E-state index >= 15 is 0 Å². The lowest BCUT2D eigenvalue weighted by Gasteiger charge is -2.40. The number of hydrogen-bond acceptors (Lipinski definition) is 5. The first kappa shape index (κ1) is 20.8. The van der Waals surface area contributed by atoms with Crippen LogP contribution in [0.5, 0.6) is 0 Å². The summed E-state index contributed by atoms with van der Waals surface area (Å²) >= 11 is 0. The van der Waals surface area contributed by atoms with Gasteiger partial charge in [-0.05, 0) is 74.9 Å². The standard InChI is InChI=1S/C23H26N4O4/c1-12-8-19(13(2)7-18(12)21(24)28)22(29)26-15-9-16-4-5-17(10-15)27(16)20-6-3-14(11-25-20)23(30)31/h3,6-8,11,15-17H,4-5,9-10H2,1-2H3,(H2,24,28)(H,26,29)(H,30,31)/t15?,16-,17+. The van der Waals surface area contributed by atoms with Crippen molar-refractivity contribution in [1.29, 1.82) is 0 Å². The highest BCUT2D eigenvalue weighted by Crippen LogP contribution is 2.38. The Labute approximate surface area is 180 Å². The Bertz CT molecular complexity index is 1040. The average Bonchev–Trinajstić information content (AvgIpc) is 2.99. The maximum atomic E-state index is 12.9. The second-order valence-electron chi connectivity index (χ2n) is 8.49. The molecule has 4 rings (SSSR count). The Morgan fingerprint density at radius 1 is 1.06 bits per heavy atom. The Morgan fingerprint density at radius 2 is 1.68 bits per heavy atom. The Morgan fingerprint density at radius 3 is 2.23 bits per heavy atom. The van der Waals surface area contributed by atoms with Crippen LogP contribution in [0.2, 0.25) is 0 Å². The predicted octanol–water partition coefficient (Wildman–Crippen LogP) is 2.43. The van der Waals surface area contributed by atoms with Gasteiger partial charge in [-0.25, -0.2) is 9.78 Å². The summed E-state index contributed by atoms with van der Waals surface area (Å²) in [5.74, 6) is -0.839. The van der Waals surface area contributed by atoms with Crippen molar-refractivity contribution in [2.45, 2.75) is 57.7 Å². The van der Waals surface area contributed by atoms with E-state index in [9.17, 15) is 14.4 Å². The predicted molar refractivity (Wildman–Crippen MR) is 115 cm³/mol. The largest absolute Gasteiger partial charge is 0.478 e. The van der Waals surface area contributed by atoms with Crippen LogP contribution < -0.4 is 16.0 Å². The number of carbonyl (C=O) groups is 3. The molecule has 2 saturated heterocycles. The molecule has 4 N–H and O–H groups in total. The van der Waals surface area contributed by atoms with Crippen molar-refractivity contribution in [2.24, 2.45) is 5.73 Å². The van der Waals surface area contributed by atoms with Gasteiger partial charge in [0.25, 0.3) is 5.91 Å². The fourth-order valence-corrected chi connectivity index (χ4v) is 4.92. The second-order valence-corrected chi connectivity index (χ2v) is 8.49. The van der Waals surface area contributed by atoms with Crippen LogP contribution in [0.4, 0.5) is 5.82 Å². The van der Waals surface area contributed by atoms with E-state index in [1.54, 1.807) is 38.1 Å². The van der Waals surface area contributed by atoms with Gasteiger partial charge < -0.3 is 21.1 Å². The minimum absolute atomic E-state index is 0.0510. The lowest BCUT2D eigenvalue weighted by Crippen LogP contribution is -2.50. The molecule has 0 aliphatic carbocycles. The lowest BCUT2D eigenvalue weighted by atomic mass is 9.95. The van der Waals surface area contributed by atoms with E-state index in [-0.39, 0.29) is 29.6 Å². The maximum Gasteiger partial charge on any atom is 0.337 e. The van der Waals surface area contributed by atoms with Crippen molar-refractivity contribution in [2.75, 3.05) is 4.90 Å². The number of carbonyl (C=O) groups excluding carboxylic acids is 2. The monoisotopic (exact) mass is 422 g/mol. The lowest BCUT2D eigenvalue weighted by molar-refractivity contribution is 0.0696. The quantitative estimate of drug-likeness (QED) is 0.679. The van der Waals surface area contributed by atoms with Crippen LogP contribution in [0, 0.1) is 13.8 Å². The summed E-state index contributed by atoms with van der Waals surface area (Å²) in [6.07, 6.45) is 5.05. The maximum absolute atomic E-state index is 12.9. The molecule has 8 heteroatoms. The number of primary amides is 1. The molecule has 0 saturated carbocycles. The molecule has 2 aromatic rings. The highest BCUT2D eigenvalue weighted by atomic mass is 16.4. The third-order valence-corrected chi connectivity index (χ3v) is 6.41. The molecular weight excluding hydrogens is 396 g/mol. The van der Waals surface area contributed by atoms with E-state index in [1.807, 2.05) is 0 Å². The molecule has 0 radical (unpaired) electrons. The molecule has 8 nitrogen and oxygen atoms in total. The molecule has 1 unspecified atom stereocenters. The number of aromatic carboxylic acids is 1. The number of pyridine rings is 1. The molecule has 162 valence electrons. The number of anilines is 1. The number of nitrogens with zero attached hydrogens (tertiary/aromatic N) is 2. The van der Waals surface area contributed by atoms with Crippen molar-refractivity contribution in [3.8, 4) is 0 Å². The van der Waals surface area contributed by atoms with Crippen LogP contribution in [-0.2, 0) is 0 Å². The molecule has 2 aliphatic rings. The molecule has 3 atom stereocenters. The van der Waals surface area contributed by atoms with E-state index in [2.05, 4.69) is 15.2 Å². The minimum atomic E-state index is -0.988. The summed E-state index contributed by atoms with van der Waals surface area (Å²) in [4.78, 5) is 42.2. The number of amides is 2. The zero-order valence-electron chi connectivity index (χ0n) is 17.6. The van der Waals surface area contributed by atoms with E-state index in [4.69, 9.17) is 10.8 Å². The Kier molecular flexibility index (Phi) is 5.39. The fraction of sp³-hybridized carbons (Fsp3) is 0.391. The van der Waals surface area contributed by atoms with Crippen molar-refractivity contribution in [3.63, 3.8) is 0 Å². The molecule has 2 aliphatic heterocycles. The topological polar surface area (TPSA) is 126 Å². The van der Waals surface area contributed by atoms with E-state index in [0.29, 0.717) is 16.7 Å². The zero-order valence-corrected chi connectivity index (χ0v) is 17.6. The van der Waals surface area contributed by atoms with Crippen LogP contribution >= 0.6 is 0 Å². The number of nitrogens with two attached hydrogens (primary N) is 1. The molecule has 2 bridgehead atoms. The van der Waals surface area contributed by atoms with Gasteiger partial charge in [-0.3, -0.25) is 9.59 Å². The van der Waals surface area contributed by atoms with Crippen LogP contribution in [0.25, 0.3) is 0 Å². The van der Waals surface area contributed by atoms with Gasteiger partial charge >= 0.3 is 5.97 Å². The second kappa shape index (κ2) is 8.02. The molecule has 31 heavy (non-hydrogen) atoms. The first-order chi connectivity index (χ1) is 14.7. The van der Waals surface area contributed by atoms with Gasteiger partial charge in [0, 0.05) is 35.4 Å². The van der Waals surface area contributed by atoms with Gasteiger partial charge in [0.05, 0.1) is 5.56 Å². The molecule has 1 aromatic heterocycles. The van der Waals surface area contributed by atoms with Crippen molar-refractivity contribution in [3.05, 3.63) is 58.3 Å². The summed E-state index contributed by atoms with van der Waals surface area (Å²) < 4.78 is 0. The number of benzene rings is 1. The molecule has 3 heterocycles. The average molecular weight is 422 g/mol. The number of rotatable bonds is 5. The van der Waals surface area contributed by atoms with Crippen molar-refractivity contribution >= 4 is 23.6 Å². The molecule has 2 amide bonds. The highest BCUT2D eigenvalue weighted by Gasteiger charge is 2.41. The van der Waals surface area contributed by atoms with Gasteiger partial charge in [0.15, 0.2) is 0 Å². The smallest absolute Gasteiger partial charge is 0.337 e. The molecular formula is C23H26N4O4. The Hall–Kier alpha value is -3.42. The van der Waals surface area contributed by atoms with Crippen LogP contribution in [0.1, 0.15) is 67.9 Å². The number of piperidine rings is 1. The normalized spacial score (nSPS) is 22.3. The number of hydrogen-bond donors (Lipinski definition) is 3. The van der Waals surface area contributed by atoms with Crippen molar-refractivity contribution in [1.82, 2.24) is 10.3 Å². The molecule has 2 fully saturated rings. The van der Waals surface area contributed by atoms with Gasteiger partial charge in [0.2, 0.25) is 5.91 Å². The van der Waals surface area contributed by atoms with Crippen LogP contribution in [0.3, 0.4) is 0 Å². The minimum Gasteiger partial charge on any atom is -0.478 e. The number of aryl methyl sites for hydroxylation is 2. The highest BCUT2D eigenvalue weighted by molar-refractivity contribution is 5.99.